The van der Waals surface area contributed by atoms with Crippen molar-refractivity contribution in [1.82, 2.24) is 10.2 Å². The third-order valence-electron chi connectivity index (χ3n) is 3.40. The highest BCUT2D eigenvalue weighted by atomic mass is 19.1. The zero-order valence-corrected chi connectivity index (χ0v) is 13.2. The van der Waals surface area contributed by atoms with Crippen LogP contribution in [0.1, 0.15) is 31.4 Å². The van der Waals surface area contributed by atoms with Gasteiger partial charge < -0.3 is 15.0 Å². The van der Waals surface area contributed by atoms with E-state index in [0.717, 1.165) is 38.5 Å². The maximum absolute atomic E-state index is 13.4. The molecule has 1 aromatic carbocycles. The zero-order valence-electron chi connectivity index (χ0n) is 13.2. The zero-order chi connectivity index (χ0) is 15.7. The van der Waals surface area contributed by atoms with Gasteiger partial charge >= 0.3 is 0 Å². The van der Waals surface area contributed by atoms with Crippen LogP contribution in [-0.4, -0.2) is 45.3 Å². The predicted octanol–water partition coefficient (Wildman–Crippen LogP) is 2.97. The Hall–Kier alpha value is -1.04. The van der Waals surface area contributed by atoms with E-state index in [1.165, 1.54) is 12.1 Å². The first-order valence-electron chi connectivity index (χ1n) is 7.43. The van der Waals surface area contributed by atoms with E-state index in [1.807, 2.05) is 7.05 Å². The van der Waals surface area contributed by atoms with E-state index in [0.29, 0.717) is 12.2 Å². The summed E-state index contributed by atoms with van der Waals surface area (Å²) in [5.74, 6) is -1.05. The van der Waals surface area contributed by atoms with E-state index in [4.69, 9.17) is 4.74 Å². The number of rotatable bonds is 10. The molecule has 0 spiro atoms. The maximum Gasteiger partial charge on any atom is 0.126 e. The van der Waals surface area contributed by atoms with Crippen molar-refractivity contribution in [3.8, 4) is 0 Å². The van der Waals surface area contributed by atoms with E-state index in [9.17, 15) is 8.78 Å². The highest BCUT2D eigenvalue weighted by molar-refractivity contribution is 5.21. The number of methoxy groups -OCH3 is 1. The fourth-order valence-corrected chi connectivity index (χ4v) is 2.19. The van der Waals surface area contributed by atoms with E-state index >= 15 is 0 Å². The average molecular weight is 300 g/mol. The molecule has 0 amide bonds. The number of nitrogens with one attached hydrogen (secondary N) is 1. The minimum atomic E-state index is -0.527. The maximum atomic E-state index is 13.4. The number of halogens is 2. The quantitative estimate of drug-likeness (QED) is 0.719. The first-order chi connectivity index (χ1) is 10.1. The van der Waals surface area contributed by atoms with Gasteiger partial charge in [-0.25, -0.2) is 8.78 Å². The second kappa shape index (κ2) is 9.82. The Bertz CT molecular complexity index is 395. The van der Waals surface area contributed by atoms with Gasteiger partial charge in [-0.2, -0.15) is 0 Å². The molecule has 1 unspecified atom stereocenters. The molecule has 120 valence electrons. The SMILES string of the molecule is CCCNC(CCN(C)CCOC)c1cc(F)cc(F)c1. The van der Waals surface area contributed by atoms with Crippen molar-refractivity contribution in [2.75, 3.05) is 40.4 Å². The summed E-state index contributed by atoms with van der Waals surface area (Å²) in [5.41, 5.74) is 0.668. The van der Waals surface area contributed by atoms with Crippen molar-refractivity contribution in [2.24, 2.45) is 0 Å². The van der Waals surface area contributed by atoms with Crippen LogP contribution in [0, 0.1) is 11.6 Å². The first kappa shape index (κ1) is 18.0. The molecular weight excluding hydrogens is 274 g/mol. The van der Waals surface area contributed by atoms with E-state index in [2.05, 4.69) is 17.1 Å². The molecule has 1 atom stereocenters. The van der Waals surface area contributed by atoms with Gasteiger partial charge in [0.05, 0.1) is 6.61 Å². The van der Waals surface area contributed by atoms with Crippen LogP contribution in [-0.2, 0) is 4.74 Å². The lowest BCUT2D eigenvalue weighted by Gasteiger charge is -2.23. The average Bonchev–Trinajstić information content (AvgIpc) is 2.44. The van der Waals surface area contributed by atoms with Crippen LogP contribution < -0.4 is 5.32 Å². The van der Waals surface area contributed by atoms with E-state index in [-0.39, 0.29) is 6.04 Å². The summed E-state index contributed by atoms with van der Waals surface area (Å²) in [6, 6.07) is 3.68. The lowest BCUT2D eigenvalue weighted by atomic mass is 10.0. The van der Waals surface area contributed by atoms with E-state index < -0.39 is 11.6 Å². The van der Waals surface area contributed by atoms with Crippen LogP contribution in [0.15, 0.2) is 18.2 Å². The molecule has 0 saturated heterocycles. The summed E-state index contributed by atoms with van der Waals surface area (Å²) in [5, 5.41) is 3.36. The minimum absolute atomic E-state index is 0.0415. The second-order valence-electron chi connectivity index (χ2n) is 5.29. The van der Waals surface area contributed by atoms with E-state index in [1.54, 1.807) is 7.11 Å². The molecule has 0 saturated carbocycles. The summed E-state index contributed by atoms with van der Waals surface area (Å²) in [6.45, 7) is 5.25. The topological polar surface area (TPSA) is 24.5 Å². The van der Waals surface area contributed by atoms with Crippen LogP contribution in [0.5, 0.6) is 0 Å². The molecule has 5 heteroatoms. The monoisotopic (exact) mass is 300 g/mol. The molecule has 0 heterocycles. The number of ether oxygens (including phenoxy) is 1. The van der Waals surface area contributed by atoms with Crippen LogP contribution in [0.25, 0.3) is 0 Å². The number of likely N-dealkylation sites (N-methyl/N-ethyl adjacent to an activating group) is 1. The van der Waals surface area contributed by atoms with Gasteiger partial charge in [-0.15, -0.1) is 0 Å². The van der Waals surface area contributed by atoms with Gasteiger partial charge in [-0.05, 0) is 50.7 Å². The summed E-state index contributed by atoms with van der Waals surface area (Å²) in [6.07, 6.45) is 1.77. The number of hydrogen-bond donors (Lipinski definition) is 1. The first-order valence-corrected chi connectivity index (χ1v) is 7.43. The fraction of sp³-hybridized carbons (Fsp3) is 0.625. The van der Waals surface area contributed by atoms with Gasteiger partial charge in [-0.3, -0.25) is 0 Å². The third kappa shape index (κ3) is 6.98. The van der Waals surface area contributed by atoms with Gasteiger partial charge in [0.1, 0.15) is 11.6 Å². The Morgan fingerprint density at radius 1 is 1.19 bits per heavy atom. The van der Waals surface area contributed by atoms with Gasteiger partial charge in [0.15, 0.2) is 0 Å². The lowest BCUT2D eigenvalue weighted by molar-refractivity contribution is 0.158. The Morgan fingerprint density at radius 2 is 1.86 bits per heavy atom. The Balaban J connectivity index is 2.66. The summed E-state index contributed by atoms with van der Waals surface area (Å²) in [7, 11) is 3.69. The molecule has 0 aliphatic carbocycles. The van der Waals surface area contributed by atoms with Crippen LogP contribution in [0.4, 0.5) is 8.78 Å². The van der Waals surface area contributed by atoms with Crippen molar-refractivity contribution < 1.29 is 13.5 Å². The summed E-state index contributed by atoms with van der Waals surface area (Å²) < 4.78 is 31.8. The second-order valence-corrected chi connectivity index (χ2v) is 5.29. The van der Waals surface area contributed by atoms with Gasteiger partial charge in [-0.1, -0.05) is 6.92 Å². The Kier molecular flexibility index (Phi) is 8.42. The molecule has 0 fully saturated rings. The normalized spacial score (nSPS) is 12.9. The van der Waals surface area contributed by atoms with Gasteiger partial charge in [0.2, 0.25) is 0 Å². The van der Waals surface area contributed by atoms with Gasteiger partial charge in [0, 0.05) is 25.8 Å². The van der Waals surface area contributed by atoms with Crippen LogP contribution >= 0.6 is 0 Å². The molecule has 0 aliphatic heterocycles. The molecular formula is C16H26F2N2O. The van der Waals surface area contributed by atoms with Crippen molar-refractivity contribution in [3.05, 3.63) is 35.4 Å². The highest BCUT2D eigenvalue weighted by Gasteiger charge is 2.14. The molecule has 21 heavy (non-hydrogen) atoms. The smallest absolute Gasteiger partial charge is 0.126 e. The van der Waals surface area contributed by atoms with Crippen molar-refractivity contribution in [2.45, 2.75) is 25.8 Å². The summed E-state index contributed by atoms with van der Waals surface area (Å²) in [4.78, 5) is 2.15. The van der Waals surface area contributed by atoms with Crippen LogP contribution in [0.2, 0.25) is 0 Å². The molecule has 1 rings (SSSR count). The minimum Gasteiger partial charge on any atom is -0.383 e. The van der Waals surface area contributed by atoms with Gasteiger partial charge in [0.25, 0.3) is 0 Å². The van der Waals surface area contributed by atoms with Crippen molar-refractivity contribution in [1.29, 1.82) is 0 Å². The van der Waals surface area contributed by atoms with Crippen molar-refractivity contribution >= 4 is 0 Å². The Labute approximate surface area is 126 Å². The third-order valence-corrected chi connectivity index (χ3v) is 3.40. The lowest BCUT2D eigenvalue weighted by Crippen LogP contribution is -2.29. The molecule has 3 nitrogen and oxygen atoms in total. The molecule has 0 aromatic heterocycles. The number of hydrogen-bond acceptors (Lipinski definition) is 3. The molecule has 0 radical (unpaired) electrons. The fourth-order valence-electron chi connectivity index (χ4n) is 2.19. The molecule has 0 bridgehead atoms. The van der Waals surface area contributed by atoms with Crippen molar-refractivity contribution in [3.63, 3.8) is 0 Å². The number of nitrogens with zero attached hydrogens (tertiary/aromatic N) is 1. The largest absolute Gasteiger partial charge is 0.383 e. The Morgan fingerprint density at radius 3 is 2.43 bits per heavy atom. The molecule has 1 N–H and O–H groups in total. The standard InChI is InChI=1S/C16H26F2N2O/c1-4-6-19-16(5-7-20(2)8-9-21-3)13-10-14(17)12-15(18)11-13/h10-12,16,19H,4-9H2,1-3H3. The number of benzene rings is 1. The molecule has 0 aliphatic rings. The predicted molar refractivity (Wildman–Crippen MR) is 81.4 cm³/mol. The summed E-state index contributed by atoms with van der Waals surface area (Å²) >= 11 is 0. The molecule has 1 aromatic rings. The highest BCUT2D eigenvalue weighted by Crippen LogP contribution is 2.20. The van der Waals surface area contributed by atoms with Crippen LogP contribution in [0.3, 0.4) is 0 Å².